The maximum Gasteiger partial charge on any atom is 0.338 e. The monoisotopic (exact) mass is 597 g/mol. The SMILES string of the molecule is CCOC(=O)C1=C(c2ccccc2)N=c2s/c(=C\c3ccc(OCc4ccccc4C#N)cc3)c(=O)n2[C@H]1c1ccccc1. The fraction of sp³-hybridized carbons (Fsp3) is 0.111. The van der Waals surface area contributed by atoms with Crippen molar-refractivity contribution in [1.82, 2.24) is 4.57 Å². The zero-order valence-electron chi connectivity index (χ0n) is 23.8. The van der Waals surface area contributed by atoms with Gasteiger partial charge in [-0.25, -0.2) is 9.79 Å². The summed E-state index contributed by atoms with van der Waals surface area (Å²) in [6.07, 6.45) is 1.82. The fourth-order valence-corrected chi connectivity index (χ4v) is 6.12. The summed E-state index contributed by atoms with van der Waals surface area (Å²) in [5.41, 5.74) is 4.31. The number of aromatic nitrogens is 1. The minimum Gasteiger partial charge on any atom is -0.489 e. The Kier molecular flexibility index (Phi) is 8.30. The number of carbonyl (C=O) groups excluding carboxylic acids is 1. The van der Waals surface area contributed by atoms with Crippen LogP contribution in [-0.2, 0) is 16.1 Å². The van der Waals surface area contributed by atoms with Gasteiger partial charge in [-0.2, -0.15) is 5.26 Å². The Morgan fingerprint density at radius 3 is 2.34 bits per heavy atom. The Morgan fingerprint density at radius 1 is 0.955 bits per heavy atom. The maximum absolute atomic E-state index is 14.0. The van der Waals surface area contributed by atoms with Crippen molar-refractivity contribution >= 4 is 29.1 Å². The van der Waals surface area contributed by atoms with Gasteiger partial charge in [0.25, 0.3) is 5.56 Å². The average Bonchev–Trinajstić information content (AvgIpc) is 3.38. The summed E-state index contributed by atoms with van der Waals surface area (Å²) in [4.78, 5) is 32.9. The third-order valence-electron chi connectivity index (χ3n) is 7.20. The van der Waals surface area contributed by atoms with Gasteiger partial charge in [-0.1, -0.05) is 102 Å². The van der Waals surface area contributed by atoms with Crippen molar-refractivity contribution in [2.24, 2.45) is 4.99 Å². The Hall–Kier alpha value is -5.52. The highest BCUT2D eigenvalue weighted by atomic mass is 32.1. The van der Waals surface area contributed by atoms with Gasteiger partial charge in [-0.05, 0) is 42.3 Å². The molecule has 0 saturated carbocycles. The number of hydrogen-bond donors (Lipinski definition) is 0. The second-order valence-electron chi connectivity index (χ2n) is 9.97. The summed E-state index contributed by atoms with van der Waals surface area (Å²) in [5.74, 6) is 0.137. The molecule has 2 heterocycles. The molecule has 7 nitrogen and oxygen atoms in total. The molecule has 0 bridgehead atoms. The number of benzene rings is 4. The highest BCUT2D eigenvalue weighted by Crippen LogP contribution is 2.35. The highest BCUT2D eigenvalue weighted by molar-refractivity contribution is 7.07. The second-order valence-corrected chi connectivity index (χ2v) is 11.0. The Morgan fingerprint density at radius 2 is 1.64 bits per heavy atom. The molecule has 6 rings (SSSR count). The van der Waals surface area contributed by atoms with Gasteiger partial charge in [0, 0.05) is 11.1 Å². The average molecular weight is 598 g/mol. The number of rotatable bonds is 8. The molecule has 0 N–H and O–H groups in total. The fourth-order valence-electron chi connectivity index (χ4n) is 5.12. The van der Waals surface area contributed by atoms with Gasteiger partial charge in [-0.15, -0.1) is 0 Å². The van der Waals surface area contributed by atoms with Crippen molar-refractivity contribution in [2.45, 2.75) is 19.6 Å². The number of fused-ring (bicyclic) bond motifs is 1. The molecule has 44 heavy (non-hydrogen) atoms. The zero-order chi connectivity index (χ0) is 30.5. The van der Waals surface area contributed by atoms with E-state index in [1.807, 2.05) is 109 Å². The molecule has 0 saturated heterocycles. The van der Waals surface area contributed by atoms with Crippen LogP contribution >= 0.6 is 11.3 Å². The predicted octanol–water partition coefficient (Wildman–Crippen LogP) is 5.39. The predicted molar refractivity (Wildman–Crippen MR) is 169 cm³/mol. The lowest BCUT2D eigenvalue weighted by atomic mass is 9.93. The third kappa shape index (κ3) is 5.74. The van der Waals surface area contributed by atoms with E-state index < -0.39 is 12.0 Å². The zero-order valence-corrected chi connectivity index (χ0v) is 24.7. The van der Waals surface area contributed by atoms with Crippen LogP contribution in [0.2, 0.25) is 0 Å². The van der Waals surface area contributed by atoms with E-state index in [1.165, 1.54) is 11.3 Å². The first-order valence-electron chi connectivity index (χ1n) is 14.1. The van der Waals surface area contributed by atoms with Crippen molar-refractivity contribution in [1.29, 1.82) is 5.26 Å². The first kappa shape index (κ1) is 28.6. The minimum atomic E-state index is -0.712. The lowest BCUT2D eigenvalue weighted by Gasteiger charge is -2.25. The summed E-state index contributed by atoms with van der Waals surface area (Å²) in [6, 6.07) is 35.2. The van der Waals surface area contributed by atoms with Crippen LogP contribution in [0, 0.1) is 11.3 Å². The van der Waals surface area contributed by atoms with E-state index in [1.54, 1.807) is 17.6 Å². The summed E-state index contributed by atoms with van der Waals surface area (Å²) in [6.45, 7) is 2.23. The topological polar surface area (TPSA) is 93.7 Å². The van der Waals surface area contributed by atoms with Gasteiger partial charge in [0.1, 0.15) is 12.4 Å². The van der Waals surface area contributed by atoms with Crippen LogP contribution in [0.5, 0.6) is 5.75 Å². The standard InChI is InChI=1S/C36H27N3O4S/c1-2-42-35(41)31-32(25-11-5-3-6-12-25)38-36-39(33(31)26-13-7-4-8-14-26)34(40)30(44-36)21-24-17-19-29(20-18-24)43-23-28-16-10-9-15-27(28)22-37/h3-21,33H,2,23H2,1H3/b30-21-/t33-/m0/s1. The van der Waals surface area contributed by atoms with E-state index in [9.17, 15) is 14.9 Å². The molecular weight excluding hydrogens is 570 g/mol. The van der Waals surface area contributed by atoms with E-state index in [-0.39, 0.29) is 18.8 Å². The molecule has 8 heteroatoms. The van der Waals surface area contributed by atoms with E-state index in [0.29, 0.717) is 31.9 Å². The Bertz CT molecular complexity index is 2070. The quantitative estimate of drug-likeness (QED) is 0.224. The normalized spacial score (nSPS) is 14.4. The number of ether oxygens (including phenoxy) is 2. The number of hydrogen-bond acceptors (Lipinski definition) is 7. The third-order valence-corrected chi connectivity index (χ3v) is 8.18. The van der Waals surface area contributed by atoms with Gasteiger partial charge in [0.05, 0.1) is 40.1 Å². The van der Waals surface area contributed by atoms with Crippen molar-refractivity contribution in [3.8, 4) is 11.8 Å². The summed E-state index contributed by atoms with van der Waals surface area (Å²) >= 11 is 1.28. The first-order valence-corrected chi connectivity index (χ1v) is 14.9. The Labute approximate surface area is 257 Å². The van der Waals surface area contributed by atoms with Crippen molar-refractivity contribution < 1.29 is 14.3 Å². The molecule has 1 aliphatic rings. The van der Waals surface area contributed by atoms with Gasteiger partial charge < -0.3 is 9.47 Å². The molecule has 0 amide bonds. The highest BCUT2D eigenvalue weighted by Gasteiger charge is 2.35. The van der Waals surface area contributed by atoms with Gasteiger partial charge in [0.2, 0.25) is 0 Å². The van der Waals surface area contributed by atoms with Crippen LogP contribution in [0.4, 0.5) is 0 Å². The second kappa shape index (κ2) is 12.8. The summed E-state index contributed by atoms with van der Waals surface area (Å²) in [5, 5.41) is 9.33. The number of thiazole rings is 1. The van der Waals surface area contributed by atoms with Crippen LogP contribution in [0.15, 0.2) is 125 Å². The summed E-state index contributed by atoms with van der Waals surface area (Å²) < 4.78 is 13.5. The lowest BCUT2D eigenvalue weighted by Crippen LogP contribution is -2.39. The maximum atomic E-state index is 14.0. The molecule has 0 spiro atoms. The van der Waals surface area contributed by atoms with Gasteiger partial charge >= 0.3 is 5.97 Å². The molecule has 1 atom stereocenters. The van der Waals surface area contributed by atoms with E-state index in [4.69, 9.17) is 14.5 Å². The number of nitriles is 1. The molecule has 1 aromatic heterocycles. The van der Waals surface area contributed by atoms with E-state index in [2.05, 4.69) is 6.07 Å². The molecule has 1 aliphatic heterocycles. The van der Waals surface area contributed by atoms with Crippen molar-refractivity contribution in [2.75, 3.05) is 6.61 Å². The van der Waals surface area contributed by atoms with Crippen molar-refractivity contribution in [3.63, 3.8) is 0 Å². The molecule has 0 fully saturated rings. The first-order chi connectivity index (χ1) is 21.6. The summed E-state index contributed by atoms with van der Waals surface area (Å²) in [7, 11) is 0. The number of esters is 1. The van der Waals surface area contributed by atoms with Crippen LogP contribution < -0.4 is 19.6 Å². The number of carbonyl (C=O) groups is 1. The Balaban J connectivity index is 1.41. The molecule has 5 aromatic rings. The van der Waals surface area contributed by atoms with Crippen LogP contribution in [-0.4, -0.2) is 17.1 Å². The molecule has 0 aliphatic carbocycles. The van der Waals surface area contributed by atoms with E-state index in [0.717, 1.165) is 22.3 Å². The molecular formula is C36H27N3O4S. The van der Waals surface area contributed by atoms with Gasteiger partial charge in [0.15, 0.2) is 4.80 Å². The van der Waals surface area contributed by atoms with Crippen LogP contribution in [0.25, 0.3) is 11.8 Å². The smallest absolute Gasteiger partial charge is 0.338 e. The molecule has 0 unspecified atom stereocenters. The van der Waals surface area contributed by atoms with E-state index >= 15 is 0 Å². The van der Waals surface area contributed by atoms with Gasteiger partial charge in [-0.3, -0.25) is 9.36 Å². The number of nitrogens with zero attached hydrogens (tertiary/aromatic N) is 3. The molecule has 4 aromatic carbocycles. The van der Waals surface area contributed by atoms with Crippen LogP contribution in [0.3, 0.4) is 0 Å². The van der Waals surface area contributed by atoms with Crippen molar-refractivity contribution in [3.05, 3.63) is 162 Å². The molecule has 216 valence electrons. The lowest BCUT2D eigenvalue weighted by molar-refractivity contribution is -0.138. The van der Waals surface area contributed by atoms with Crippen LogP contribution in [0.1, 0.15) is 40.8 Å². The molecule has 0 radical (unpaired) electrons. The minimum absolute atomic E-state index is 0.195. The largest absolute Gasteiger partial charge is 0.489 e.